The molecule has 2 heterocycles. The Balaban J connectivity index is 1.72. The third-order valence-corrected chi connectivity index (χ3v) is 9.41. The van der Waals surface area contributed by atoms with Crippen molar-refractivity contribution in [1.82, 2.24) is 9.55 Å². The topological polar surface area (TPSA) is 86.1 Å². The van der Waals surface area contributed by atoms with Gasteiger partial charge in [0, 0.05) is 33.9 Å². The summed E-state index contributed by atoms with van der Waals surface area (Å²) in [6, 6.07) is 14.6. The fraction of sp³-hybridized carbons (Fsp3) is 0.129. The number of sulfone groups is 1. The number of pyridine rings is 1. The Bertz CT molecular complexity index is 2010. The Kier molecular flexibility index (Phi) is 8.72. The molecule has 5 aromatic rings. The summed E-state index contributed by atoms with van der Waals surface area (Å²) in [6.07, 6.45) is 2.90. The SMILES string of the molecule is CCCS(=O)(=O)Cc1ccc(F)c(C(=O)c2cn(C(=O)c3c(Cl)cccc3Cl)c3ncc(-c4ccc(Cl)cc4)cc23)c1F. The van der Waals surface area contributed by atoms with E-state index in [1.165, 1.54) is 18.3 Å². The summed E-state index contributed by atoms with van der Waals surface area (Å²) in [5.74, 6) is -5.24. The minimum atomic E-state index is -3.71. The summed E-state index contributed by atoms with van der Waals surface area (Å²) in [6.45, 7) is 1.66. The summed E-state index contributed by atoms with van der Waals surface area (Å²) < 4.78 is 56.6. The van der Waals surface area contributed by atoms with Crippen molar-refractivity contribution in [3.63, 3.8) is 0 Å². The molecular formula is C31H21Cl3F2N2O4S. The molecule has 0 bridgehead atoms. The van der Waals surface area contributed by atoms with Crippen molar-refractivity contribution in [1.29, 1.82) is 0 Å². The molecule has 0 fully saturated rings. The molecule has 0 unspecified atom stereocenters. The molecule has 0 amide bonds. The number of fused-ring (bicyclic) bond motifs is 1. The van der Waals surface area contributed by atoms with Crippen LogP contribution in [0.4, 0.5) is 8.78 Å². The Morgan fingerprint density at radius 3 is 2.23 bits per heavy atom. The Hall–Kier alpha value is -3.63. The molecule has 220 valence electrons. The lowest BCUT2D eigenvalue weighted by Gasteiger charge is -2.10. The second-order valence-corrected chi connectivity index (χ2v) is 13.2. The molecular weight excluding hydrogens is 641 g/mol. The van der Waals surface area contributed by atoms with Crippen LogP contribution in [0.1, 0.15) is 45.2 Å². The molecule has 3 aromatic carbocycles. The van der Waals surface area contributed by atoms with Crippen molar-refractivity contribution < 1.29 is 26.8 Å². The molecule has 0 saturated heterocycles. The number of halogens is 5. The zero-order chi connectivity index (χ0) is 31.1. The molecule has 0 spiro atoms. The molecule has 0 atom stereocenters. The van der Waals surface area contributed by atoms with E-state index in [1.54, 1.807) is 43.3 Å². The van der Waals surface area contributed by atoms with Gasteiger partial charge in [0.05, 0.1) is 38.2 Å². The number of benzene rings is 3. The average molecular weight is 662 g/mol. The van der Waals surface area contributed by atoms with Crippen LogP contribution < -0.4 is 0 Å². The van der Waals surface area contributed by atoms with Gasteiger partial charge in [0.2, 0.25) is 5.78 Å². The summed E-state index contributed by atoms with van der Waals surface area (Å²) in [5, 5.41) is 0.691. The minimum absolute atomic E-state index is 0.00421. The van der Waals surface area contributed by atoms with Crippen LogP contribution in [0, 0.1) is 11.6 Å². The first-order chi connectivity index (χ1) is 20.4. The number of hydrogen-bond donors (Lipinski definition) is 0. The van der Waals surface area contributed by atoms with Crippen LogP contribution in [0.15, 0.2) is 73.1 Å². The van der Waals surface area contributed by atoms with E-state index in [1.807, 2.05) is 0 Å². The fourth-order valence-electron chi connectivity index (χ4n) is 4.74. The number of carbonyl (C=O) groups excluding carboxylic acids is 2. The second kappa shape index (κ2) is 12.2. The predicted molar refractivity (Wildman–Crippen MR) is 164 cm³/mol. The van der Waals surface area contributed by atoms with E-state index >= 15 is 8.78 Å². The lowest BCUT2D eigenvalue weighted by Crippen LogP contribution is -2.14. The first kappa shape index (κ1) is 30.8. The minimum Gasteiger partial charge on any atom is -0.288 e. The highest BCUT2D eigenvalue weighted by molar-refractivity contribution is 7.90. The lowest BCUT2D eigenvalue weighted by molar-refractivity contribution is 0.0964. The Morgan fingerprint density at radius 2 is 1.58 bits per heavy atom. The molecule has 0 aliphatic carbocycles. The summed E-state index contributed by atoms with van der Waals surface area (Å²) in [4.78, 5) is 32.0. The molecule has 43 heavy (non-hydrogen) atoms. The van der Waals surface area contributed by atoms with Gasteiger partial charge in [-0.25, -0.2) is 22.2 Å². The first-order valence-corrected chi connectivity index (χ1v) is 15.8. The quantitative estimate of drug-likeness (QED) is 0.157. The van der Waals surface area contributed by atoms with Gasteiger partial charge in [-0.15, -0.1) is 0 Å². The van der Waals surface area contributed by atoms with Gasteiger partial charge in [-0.3, -0.25) is 14.2 Å². The standard InChI is InChI=1S/C31H21Cl3F2N2O4S/c1-2-12-43(41,42)16-18-8-11-25(35)27(28(18)36)29(39)22-15-38(31(40)26-23(33)4-3-5-24(26)34)30-21(22)13-19(14-37-30)17-6-9-20(32)10-7-17/h3-11,13-15H,2,12,16H2,1H3. The van der Waals surface area contributed by atoms with E-state index in [9.17, 15) is 18.0 Å². The van der Waals surface area contributed by atoms with E-state index in [0.29, 0.717) is 22.6 Å². The Labute approximate surface area is 260 Å². The van der Waals surface area contributed by atoms with Crippen molar-refractivity contribution in [2.45, 2.75) is 19.1 Å². The molecule has 5 rings (SSSR count). The number of hydrogen-bond acceptors (Lipinski definition) is 5. The maximum absolute atomic E-state index is 15.7. The van der Waals surface area contributed by atoms with E-state index in [-0.39, 0.29) is 43.5 Å². The van der Waals surface area contributed by atoms with Crippen LogP contribution in [0.2, 0.25) is 15.1 Å². The summed E-state index contributed by atoms with van der Waals surface area (Å²) in [5.41, 5.74) is -0.411. The summed E-state index contributed by atoms with van der Waals surface area (Å²) in [7, 11) is -3.71. The summed E-state index contributed by atoms with van der Waals surface area (Å²) >= 11 is 18.6. The highest BCUT2D eigenvalue weighted by Crippen LogP contribution is 2.33. The largest absolute Gasteiger partial charge is 0.288 e. The van der Waals surface area contributed by atoms with Gasteiger partial charge in [0.1, 0.15) is 17.3 Å². The van der Waals surface area contributed by atoms with Gasteiger partial charge >= 0.3 is 0 Å². The van der Waals surface area contributed by atoms with E-state index in [2.05, 4.69) is 4.98 Å². The molecule has 0 radical (unpaired) electrons. The Morgan fingerprint density at radius 1 is 0.907 bits per heavy atom. The van der Waals surface area contributed by atoms with Crippen molar-refractivity contribution in [2.75, 3.05) is 5.75 Å². The second-order valence-electron chi connectivity index (χ2n) is 9.73. The van der Waals surface area contributed by atoms with Gasteiger partial charge in [-0.1, -0.05) is 66.0 Å². The maximum atomic E-state index is 15.7. The molecule has 0 aliphatic rings. The molecule has 0 aliphatic heterocycles. The predicted octanol–water partition coefficient (Wildman–Crippen LogP) is 8.19. The van der Waals surface area contributed by atoms with Crippen LogP contribution >= 0.6 is 34.8 Å². The van der Waals surface area contributed by atoms with Crippen molar-refractivity contribution in [3.8, 4) is 11.1 Å². The molecule has 6 nitrogen and oxygen atoms in total. The molecule has 12 heteroatoms. The van der Waals surface area contributed by atoms with Crippen molar-refractivity contribution >= 4 is 67.4 Å². The van der Waals surface area contributed by atoms with Crippen LogP contribution in [-0.2, 0) is 15.6 Å². The number of rotatable bonds is 8. The first-order valence-electron chi connectivity index (χ1n) is 12.9. The van der Waals surface area contributed by atoms with Crippen molar-refractivity contribution in [2.24, 2.45) is 0 Å². The number of carbonyl (C=O) groups is 2. The highest BCUT2D eigenvalue weighted by Gasteiger charge is 2.29. The highest BCUT2D eigenvalue weighted by atomic mass is 35.5. The third kappa shape index (κ3) is 6.08. The average Bonchev–Trinajstić information content (AvgIpc) is 3.34. The van der Waals surface area contributed by atoms with Crippen LogP contribution in [0.3, 0.4) is 0 Å². The molecule has 2 aromatic heterocycles. The van der Waals surface area contributed by atoms with Gasteiger partial charge in [-0.05, 0) is 48.4 Å². The number of ketones is 1. The monoisotopic (exact) mass is 660 g/mol. The maximum Gasteiger partial charge on any atom is 0.266 e. The fourth-order valence-corrected chi connectivity index (χ4v) is 6.88. The van der Waals surface area contributed by atoms with Crippen LogP contribution in [0.5, 0.6) is 0 Å². The lowest BCUT2D eigenvalue weighted by atomic mass is 9.99. The third-order valence-electron chi connectivity index (χ3n) is 6.75. The van der Waals surface area contributed by atoms with Gasteiger partial charge in [0.25, 0.3) is 5.91 Å². The van der Waals surface area contributed by atoms with Crippen molar-refractivity contribution in [3.05, 3.63) is 122 Å². The zero-order valence-corrected chi connectivity index (χ0v) is 25.5. The molecule has 0 saturated carbocycles. The van der Waals surface area contributed by atoms with Gasteiger partial charge in [-0.2, -0.15) is 0 Å². The van der Waals surface area contributed by atoms with Crippen LogP contribution in [-0.4, -0.2) is 35.4 Å². The van der Waals surface area contributed by atoms with Gasteiger partial charge in [0.15, 0.2) is 9.84 Å². The normalized spacial score (nSPS) is 11.7. The van der Waals surface area contributed by atoms with Crippen LogP contribution in [0.25, 0.3) is 22.2 Å². The smallest absolute Gasteiger partial charge is 0.266 e. The van der Waals surface area contributed by atoms with E-state index < -0.39 is 44.5 Å². The number of aromatic nitrogens is 2. The zero-order valence-electron chi connectivity index (χ0n) is 22.4. The van der Waals surface area contributed by atoms with E-state index in [0.717, 1.165) is 22.9 Å². The van der Waals surface area contributed by atoms with Gasteiger partial charge < -0.3 is 0 Å². The van der Waals surface area contributed by atoms with E-state index in [4.69, 9.17) is 34.8 Å². The number of nitrogens with zero attached hydrogens (tertiary/aromatic N) is 2. The molecule has 0 N–H and O–H groups in total.